The first-order valence-corrected chi connectivity index (χ1v) is 10.6. The fraction of sp³-hybridized carbons (Fsp3) is 0.350. The molecule has 2 aromatic carbocycles. The minimum atomic E-state index is -3.66. The third-order valence-corrected chi connectivity index (χ3v) is 6.50. The zero-order valence-electron chi connectivity index (χ0n) is 16.5. The number of rotatable bonds is 9. The molecular weight excluding hydrogens is 402 g/mol. The maximum Gasteiger partial charge on any atom is 0.387 e. The van der Waals surface area contributed by atoms with Crippen LogP contribution in [0, 0.1) is 6.92 Å². The molecule has 1 N–H and O–H groups in total. The number of sulfonamides is 1. The zero-order valence-corrected chi connectivity index (χ0v) is 17.3. The smallest absolute Gasteiger partial charge is 0.387 e. The summed E-state index contributed by atoms with van der Waals surface area (Å²) in [5, 5.41) is 2.68. The molecule has 0 saturated carbocycles. The van der Waals surface area contributed by atoms with E-state index in [0.717, 1.165) is 0 Å². The first-order valence-electron chi connectivity index (χ1n) is 9.11. The van der Waals surface area contributed by atoms with E-state index in [0.29, 0.717) is 29.9 Å². The van der Waals surface area contributed by atoms with Gasteiger partial charge in [0, 0.05) is 18.8 Å². The minimum absolute atomic E-state index is 0.000956. The lowest BCUT2D eigenvalue weighted by molar-refractivity contribution is -0.115. The summed E-state index contributed by atoms with van der Waals surface area (Å²) >= 11 is 0. The van der Waals surface area contributed by atoms with Crippen molar-refractivity contribution in [3.8, 4) is 5.75 Å². The Bertz CT molecular complexity index is 943. The van der Waals surface area contributed by atoms with Crippen LogP contribution in [-0.4, -0.2) is 38.3 Å². The monoisotopic (exact) mass is 426 g/mol. The summed E-state index contributed by atoms with van der Waals surface area (Å²) in [5.41, 5.74) is 1.56. The normalized spacial score (nSPS) is 11.7. The molecule has 29 heavy (non-hydrogen) atoms. The molecule has 6 nitrogen and oxygen atoms in total. The molecule has 0 bridgehead atoms. The van der Waals surface area contributed by atoms with Gasteiger partial charge in [-0.1, -0.05) is 32.0 Å². The number of aryl methyl sites for hydroxylation is 1. The molecule has 0 heterocycles. The topological polar surface area (TPSA) is 75.7 Å². The summed E-state index contributed by atoms with van der Waals surface area (Å²) in [6.07, 6.45) is 0.000956. The van der Waals surface area contributed by atoms with Crippen LogP contribution in [0.5, 0.6) is 5.75 Å². The number of alkyl halides is 2. The van der Waals surface area contributed by atoms with E-state index in [2.05, 4.69) is 10.1 Å². The van der Waals surface area contributed by atoms with Gasteiger partial charge in [0.1, 0.15) is 5.75 Å². The number of hydrogen-bond acceptors (Lipinski definition) is 4. The molecule has 158 valence electrons. The molecule has 0 radical (unpaired) electrons. The van der Waals surface area contributed by atoms with Crippen LogP contribution in [0.25, 0.3) is 0 Å². The molecular formula is C20H24F2N2O4S. The molecule has 2 rings (SSSR count). The van der Waals surface area contributed by atoms with Crippen LogP contribution in [0.15, 0.2) is 47.4 Å². The molecule has 1 amide bonds. The van der Waals surface area contributed by atoms with Crippen molar-refractivity contribution in [2.45, 2.75) is 38.7 Å². The predicted molar refractivity (Wildman–Crippen MR) is 107 cm³/mol. The lowest BCUT2D eigenvalue weighted by Gasteiger charge is -2.20. The zero-order chi connectivity index (χ0) is 21.6. The number of carbonyl (C=O) groups is 1. The number of hydrogen-bond donors (Lipinski definition) is 1. The summed E-state index contributed by atoms with van der Waals surface area (Å²) < 4.78 is 55.6. The van der Waals surface area contributed by atoms with Gasteiger partial charge >= 0.3 is 6.61 Å². The average Bonchev–Trinajstić information content (AvgIpc) is 2.65. The highest BCUT2D eigenvalue weighted by Gasteiger charge is 2.24. The van der Waals surface area contributed by atoms with Crippen LogP contribution in [-0.2, 0) is 21.2 Å². The Morgan fingerprint density at radius 3 is 2.28 bits per heavy atom. The summed E-state index contributed by atoms with van der Waals surface area (Å²) in [4.78, 5) is 12.5. The van der Waals surface area contributed by atoms with Crippen LogP contribution in [0.2, 0.25) is 0 Å². The van der Waals surface area contributed by atoms with Crippen LogP contribution in [0.3, 0.4) is 0 Å². The summed E-state index contributed by atoms with van der Waals surface area (Å²) in [7, 11) is -3.66. The molecule has 0 aliphatic carbocycles. The van der Waals surface area contributed by atoms with Gasteiger partial charge in [0.05, 0.1) is 11.3 Å². The molecule has 0 aliphatic rings. The van der Waals surface area contributed by atoms with E-state index in [9.17, 15) is 22.0 Å². The Hall–Kier alpha value is -2.52. The van der Waals surface area contributed by atoms with Crippen molar-refractivity contribution in [1.82, 2.24) is 4.31 Å². The molecule has 0 aliphatic heterocycles. The number of anilines is 1. The Kier molecular flexibility index (Phi) is 7.69. The van der Waals surface area contributed by atoms with Gasteiger partial charge < -0.3 is 10.1 Å². The van der Waals surface area contributed by atoms with Crippen LogP contribution < -0.4 is 10.1 Å². The first-order chi connectivity index (χ1) is 13.7. The van der Waals surface area contributed by atoms with E-state index >= 15 is 0 Å². The van der Waals surface area contributed by atoms with Crippen LogP contribution in [0.4, 0.5) is 14.5 Å². The number of benzene rings is 2. The van der Waals surface area contributed by atoms with E-state index in [1.54, 1.807) is 32.9 Å². The van der Waals surface area contributed by atoms with E-state index < -0.39 is 16.6 Å². The molecule has 0 saturated heterocycles. The maximum atomic E-state index is 12.8. The SMILES string of the molecule is CCN(CC)S(=O)(=O)c1cc(NC(=O)Cc2ccc(OC(F)F)cc2)ccc1C. The molecule has 0 fully saturated rings. The number of carbonyl (C=O) groups excluding carboxylic acids is 1. The summed E-state index contributed by atoms with van der Waals surface area (Å²) in [6, 6.07) is 10.5. The molecule has 0 spiro atoms. The Labute approximate surface area is 169 Å². The van der Waals surface area contributed by atoms with Gasteiger partial charge in [-0.3, -0.25) is 4.79 Å². The summed E-state index contributed by atoms with van der Waals surface area (Å²) in [5.74, 6) is -0.350. The van der Waals surface area contributed by atoms with Crippen LogP contribution in [0.1, 0.15) is 25.0 Å². The minimum Gasteiger partial charge on any atom is -0.435 e. The standard InChI is InChI=1S/C20H24F2N2O4S/c1-4-24(5-2)29(26,27)18-13-16(9-6-14(18)3)23-19(25)12-15-7-10-17(11-8-15)28-20(21)22/h6-11,13,20H,4-5,12H2,1-3H3,(H,23,25). The van der Waals surface area contributed by atoms with Crippen molar-refractivity contribution in [3.05, 3.63) is 53.6 Å². The highest BCUT2D eigenvalue weighted by atomic mass is 32.2. The molecule has 9 heteroatoms. The Morgan fingerprint density at radius 2 is 1.72 bits per heavy atom. The van der Waals surface area contributed by atoms with Gasteiger partial charge in [-0.2, -0.15) is 13.1 Å². The van der Waals surface area contributed by atoms with Crippen molar-refractivity contribution in [2.24, 2.45) is 0 Å². The summed E-state index contributed by atoms with van der Waals surface area (Å²) in [6.45, 7) is 3.01. The van der Waals surface area contributed by atoms with Gasteiger partial charge in [0.25, 0.3) is 0 Å². The number of ether oxygens (including phenoxy) is 1. The number of halogens is 2. The van der Waals surface area contributed by atoms with Gasteiger partial charge in [-0.05, 0) is 42.3 Å². The van der Waals surface area contributed by atoms with E-state index in [-0.39, 0.29) is 23.0 Å². The largest absolute Gasteiger partial charge is 0.435 e. The predicted octanol–water partition coefficient (Wildman–Crippen LogP) is 3.81. The Morgan fingerprint density at radius 1 is 1.10 bits per heavy atom. The second-order valence-corrected chi connectivity index (χ2v) is 8.22. The van der Waals surface area contributed by atoms with E-state index in [1.165, 1.54) is 34.6 Å². The van der Waals surface area contributed by atoms with E-state index in [1.807, 2.05) is 0 Å². The quantitative estimate of drug-likeness (QED) is 0.662. The van der Waals surface area contributed by atoms with Gasteiger partial charge in [-0.25, -0.2) is 8.42 Å². The van der Waals surface area contributed by atoms with Crippen molar-refractivity contribution >= 4 is 21.6 Å². The number of amides is 1. The van der Waals surface area contributed by atoms with Gasteiger partial charge in [0.15, 0.2) is 0 Å². The highest BCUT2D eigenvalue weighted by molar-refractivity contribution is 7.89. The van der Waals surface area contributed by atoms with Gasteiger partial charge in [0.2, 0.25) is 15.9 Å². The van der Waals surface area contributed by atoms with E-state index in [4.69, 9.17) is 0 Å². The van der Waals surface area contributed by atoms with Gasteiger partial charge in [-0.15, -0.1) is 0 Å². The van der Waals surface area contributed by atoms with Crippen molar-refractivity contribution in [3.63, 3.8) is 0 Å². The number of nitrogens with one attached hydrogen (secondary N) is 1. The lowest BCUT2D eigenvalue weighted by atomic mass is 10.1. The van der Waals surface area contributed by atoms with Crippen molar-refractivity contribution < 1.29 is 26.7 Å². The Balaban J connectivity index is 2.13. The van der Waals surface area contributed by atoms with Crippen molar-refractivity contribution in [1.29, 1.82) is 0 Å². The lowest BCUT2D eigenvalue weighted by Crippen LogP contribution is -2.31. The molecule has 0 atom stereocenters. The fourth-order valence-corrected chi connectivity index (χ4v) is 4.55. The fourth-order valence-electron chi connectivity index (χ4n) is 2.84. The second-order valence-electron chi connectivity index (χ2n) is 6.32. The second kappa shape index (κ2) is 9.80. The third-order valence-electron chi connectivity index (χ3n) is 4.31. The van der Waals surface area contributed by atoms with Crippen molar-refractivity contribution in [2.75, 3.05) is 18.4 Å². The number of nitrogens with zero attached hydrogens (tertiary/aromatic N) is 1. The maximum absolute atomic E-state index is 12.8. The molecule has 0 aromatic heterocycles. The molecule has 0 unspecified atom stereocenters. The van der Waals surface area contributed by atoms with Crippen LogP contribution >= 0.6 is 0 Å². The first kappa shape index (κ1) is 22.8. The third kappa shape index (κ3) is 5.98. The molecule has 2 aromatic rings. The average molecular weight is 426 g/mol. The highest BCUT2D eigenvalue weighted by Crippen LogP contribution is 2.24.